The molecule has 3 saturated heterocycles. The van der Waals surface area contributed by atoms with Gasteiger partial charge >= 0.3 is 6.03 Å². The van der Waals surface area contributed by atoms with Crippen LogP contribution in [0.25, 0.3) is 10.8 Å². The molecule has 2 bridgehead atoms. The third kappa shape index (κ3) is 3.60. The predicted octanol–water partition coefficient (Wildman–Crippen LogP) is 3.32. The lowest BCUT2D eigenvalue weighted by atomic mass is 10.1. The molecule has 0 radical (unpaired) electrons. The Labute approximate surface area is 220 Å². The van der Waals surface area contributed by atoms with E-state index in [1.54, 1.807) is 14.2 Å². The van der Waals surface area contributed by atoms with Crippen molar-refractivity contribution >= 4 is 45.6 Å². The molecule has 3 aliphatic rings. The van der Waals surface area contributed by atoms with Gasteiger partial charge in [-0.15, -0.1) is 0 Å². The van der Waals surface area contributed by atoms with Crippen LogP contribution in [0.3, 0.4) is 0 Å². The minimum Gasteiger partial charge on any atom is -0.493 e. The van der Waals surface area contributed by atoms with Crippen molar-refractivity contribution in [2.24, 2.45) is 0 Å². The van der Waals surface area contributed by atoms with Gasteiger partial charge in [-0.05, 0) is 35.6 Å². The Balaban J connectivity index is 1.22. The number of rotatable bonds is 7. The standard InChI is InChI=1S/C28H28N4O4S/c1-35-24-11-10-18(14-25(24)36-2)12-13-29-26(37)22-15-30-16-23-27(33)31(28(34)32(22,23)17-30)21-9-5-7-19-6-3-4-8-20(19)21/h3-11,14,22-23H,12-13,15-17H2,1-2H3/p+1. The van der Waals surface area contributed by atoms with Gasteiger partial charge in [0.2, 0.25) is 0 Å². The molecule has 1 spiro atoms. The summed E-state index contributed by atoms with van der Waals surface area (Å²) >= 11 is 5.84. The molecule has 4 unspecified atom stereocenters. The van der Waals surface area contributed by atoms with Gasteiger partial charge in [0.25, 0.3) is 5.91 Å². The van der Waals surface area contributed by atoms with Crippen molar-refractivity contribution in [3.8, 4) is 11.5 Å². The van der Waals surface area contributed by atoms with Crippen LogP contribution in [0.15, 0.2) is 60.7 Å². The molecule has 3 heterocycles. The number of piperazine rings is 1. The Morgan fingerprint density at radius 3 is 2.62 bits per heavy atom. The largest absolute Gasteiger partial charge is 0.493 e. The second-order valence-corrected chi connectivity index (χ2v) is 10.3. The van der Waals surface area contributed by atoms with Crippen LogP contribution < -0.4 is 19.7 Å². The number of nitrogens with one attached hydrogen (secondary N) is 1. The summed E-state index contributed by atoms with van der Waals surface area (Å²) in [5.41, 5.74) is 1.74. The summed E-state index contributed by atoms with van der Waals surface area (Å²) in [6.07, 6.45) is 0.732. The summed E-state index contributed by atoms with van der Waals surface area (Å²) in [5.74, 6) is 1.24. The number of hydrogen-bond donors (Lipinski definition) is 1. The highest BCUT2D eigenvalue weighted by molar-refractivity contribution is 7.80. The van der Waals surface area contributed by atoms with Gasteiger partial charge in [0.05, 0.1) is 33.0 Å². The van der Waals surface area contributed by atoms with Crippen molar-refractivity contribution in [1.82, 2.24) is 10.2 Å². The summed E-state index contributed by atoms with van der Waals surface area (Å²) in [4.78, 5) is 32.0. The molecule has 3 aliphatic heterocycles. The summed E-state index contributed by atoms with van der Waals surface area (Å²) < 4.78 is 10.8. The lowest BCUT2D eigenvalue weighted by molar-refractivity contribution is -0.851. The van der Waals surface area contributed by atoms with E-state index in [-0.39, 0.29) is 22.5 Å². The Hall–Kier alpha value is -3.53. The molecule has 3 aromatic rings. The first-order valence-electron chi connectivity index (χ1n) is 12.4. The number of urea groups is 1. The summed E-state index contributed by atoms with van der Waals surface area (Å²) in [6.45, 7) is 2.38. The molecule has 6 rings (SSSR count). The fourth-order valence-corrected chi connectivity index (χ4v) is 6.51. The van der Waals surface area contributed by atoms with Gasteiger partial charge in [-0.1, -0.05) is 54.7 Å². The van der Waals surface area contributed by atoms with Crippen molar-refractivity contribution in [1.29, 1.82) is 0 Å². The third-order valence-corrected chi connectivity index (χ3v) is 8.35. The molecule has 190 valence electrons. The number of amides is 3. The molecule has 0 saturated carbocycles. The Morgan fingerprint density at radius 2 is 1.81 bits per heavy atom. The first-order chi connectivity index (χ1) is 18.0. The monoisotopic (exact) mass is 517 g/mol. The maximum absolute atomic E-state index is 14.1. The zero-order valence-electron chi connectivity index (χ0n) is 20.8. The normalized spacial score (nSPS) is 26.0. The summed E-state index contributed by atoms with van der Waals surface area (Å²) in [7, 11) is 3.23. The van der Waals surface area contributed by atoms with E-state index >= 15 is 0 Å². The number of anilines is 1. The van der Waals surface area contributed by atoms with Crippen molar-refractivity contribution in [3.05, 3.63) is 66.2 Å². The zero-order chi connectivity index (χ0) is 25.7. The second kappa shape index (κ2) is 9.09. The van der Waals surface area contributed by atoms with Crippen LogP contribution >= 0.6 is 12.2 Å². The molecule has 1 N–H and O–H groups in total. The molecule has 9 heteroatoms. The van der Waals surface area contributed by atoms with Crippen LogP contribution in [0, 0.1) is 0 Å². The SMILES string of the molecule is COc1ccc(CCNC(=S)C2CN3CC4C(=O)N(c5cccc6ccccc56)C(=O)[N+]42C3)cc1OC. The molecule has 0 aromatic heterocycles. The topological polar surface area (TPSA) is 71.1 Å². The lowest BCUT2D eigenvalue weighted by Crippen LogP contribution is -2.64. The number of thiocarbonyl (C=S) groups is 1. The van der Waals surface area contributed by atoms with Crippen LogP contribution in [-0.2, 0) is 11.2 Å². The van der Waals surface area contributed by atoms with Crippen LogP contribution in [-0.4, -0.2) is 78.9 Å². The van der Waals surface area contributed by atoms with E-state index in [1.165, 1.54) is 4.90 Å². The Kier molecular flexibility index (Phi) is 5.86. The summed E-state index contributed by atoms with van der Waals surface area (Å²) in [6, 6.07) is 18.6. The molecule has 37 heavy (non-hydrogen) atoms. The number of nitrogens with zero attached hydrogens (tertiary/aromatic N) is 3. The third-order valence-electron chi connectivity index (χ3n) is 7.93. The van der Waals surface area contributed by atoms with E-state index in [0.29, 0.717) is 48.5 Å². The molecule has 3 fully saturated rings. The molecular weight excluding hydrogens is 488 g/mol. The second-order valence-electron chi connectivity index (χ2n) is 9.82. The van der Waals surface area contributed by atoms with Gasteiger partial charge in [0.15, 0.2) is 23.6 Å². The van der Waals surface area contributed by atoms with Gasteiger partial charge in [0.1, 0.15) is 11.7 Å². The van der Waals surface area contributed by atoms with Gasteiger partial charge in [-0.2, -0.15) is 4.90 Å². The van der Waals surface area contributed by atoms with E-state index in [2.05, 4.69) is 10.2 Å². The van der Waals surface area contributed by atoms with Crippen LogP contribution in [0.5, 0.6) is 11.5 Å². The number of carbonyl (C=O) groups excluding carboxylic acids is 2. The van der Waals surface area contributed by atoms with Crippen molar-refractivity contribution in [3.63, 3.8) is 0 Å². The van der Waals surface area contributed by atoms with E-state index in [4.69, 9.17) is 21.7 Å². The lowest BCUT2D eigenvalue weighted by Gasteiger charge is -2.34. The fraction of sp³-hybridized carbons (Fsp3) is 0.321. The first-order valence-corrected chi connectivity index (χ1v) is 12.8. The highest BCUT2D eigenvalue weighted by Crippen LogP contribution is 2.44. The molecule has 8 nitrogen and oxygen atoms in total. The van der Waals surface area contributed by atoms with E-state index in [9.17, 15) is 9.59 Å². The van der Waals surface area contributed by atoms with Gasteiger partial charge in [-0.3, -0.25) is 4.79 Å². The zero-order valence-corrected chi connectivity index (χ0v) is 21.7. The minimum atomic E-state index is -0.434. The minimum absolute atomic E-state index is 0.0598. The Morgan fingerprint density at radius 1 is 1.03 bits per heavy atom. The highest BCUT2D eigenvalue weighted by atomic mass is 32.1. The van der Waals surface area contributed by atoms with E-state index < -0.39 is 6.04 Å². The number of methoxy groups -OCH3 is 2. The van der Waals surface area contributed by atoms with E-state index in [0.717, 1.165) is 22.8 Å². The van der Waals surface area contributed by atoms with Crippen molar-refractivity contribution in [2.75, 3.05) is 45.4 Å². The first kappa shape index (κ1) is 23.8. The van der Waals surface area contributed by atoms with Gasteiger partial charge in [-0.25, -0.2) is 14.2 Å². The predicted molar refractivity (Wildman–Crippen MR) is 145 cm³/mol. The fourth-order valence-electron chi connectivity index (χ4n) is 6.15. The quantitative estimate of drug-likeness (QED) is 0.293. The van der Waals surface area contributed by atoms with Gasteiger partial charge < -0.3 is 14.8 Å². The molecular formula is C28H29N4O4S+. The number of fused-ring (bicyclic) bond motifs is 2. The maximum Gasteiger partial charge on any atom is 0.433 e. The van der Waals surface area contributed by atoms with Crippen LogP contribution in [0.1, 0.15) is 5.56 Å². The number of benzene rings is 3. The van der Waals surface area contributed by atoms with Crippen LogP contribution in [0.2, 0.25) is 0 Å². The van der Waals surface area contributed by atoms with Gasteiger partial charge in [0, 0.05) is 11.9 Å². The molecule has 0 aliphatic carbocycles. The number of carbonyl (C=O) groups is 2. The maximum atomic E-state index is 14.1. The molecule has 3 aromatic carbocycles. The number of hydrogen-bond acceptors (Lipinski definition) is 6. The smallest absolute Gasteiger partial charge is 0.433 e. The molecule has 4 atom stereocenters. The van der Waals surface area contributed by atoms with Crippen molar-refractivity contribution < 1.29 is 23.5 Å². The highest BCUT2D eigenvalue weighted by Gasteiger charge is 2.72. The summed E-state index contributed by atoms with van der Waals surface area (Å²) in [5, 5.41) is 5.28. The average Bonchev–Trinajstić information content (AvgIpc) is 3.56. The van der Waals surface area contributed by atoms with E-state index in [1.807, 2.05) is 60.7 Å². The van der Waals surface area contributed by atoms with Crippen LogP contribution in [0.4, 0.5) is 10.5 Å². The van der Waals surface area contributed by atoms with Crippen molar-refractivity contribution in [2.45, 2.75) is 18.5 Å². The molecule has 3 amide bonds. The number of quaternary nitrogens is 1. The average molecular weight is 518 g/mol. The number of ether oxygens (including phenoxy) is 2. The Bertz CT molecular complexity index is 1420. The number of imide groups is 1.